The standard InChI is InChI=1S/C10H18N2O4S/c1-8-10(9(2)16-11-8)17(13,14)12(3)6-5-7-15-4/h5-7H2,1-4H3. The molecule has 1 rings (SSSR count). The normalized spacial score (nSPS) is 12.3. The van der Waals surface area contributed by atoms with Crippen molar-refractivity contribution in [2.75, 3.05) is 27.3 Å². The number of sulfonamides is 1. The predicted octanol–water partition coefficient (Wildman–Crippen LogP) is 0.948. The van der Waals surface area contributed by atoms with Crippen molar-refractivity contribution in [3.63, 3.8) is 0 Å². The topological polar surface area (TPSA) is 72.6 Å². The fraction of sp³-hybridized carbons (Fsp3) is 0.700. The molecule has 0 radical (unpaired) electrons. The van der Waals surface area contributed by atoms with Gasteiger partial charge in [0, 0.05) is 27.3 Å². The predicted molar refractivity (Wildman–Crippen MR) is 62.3 cm³/mol. The first kappa shape index (κ1) is 14.1. The van der Waals surface area contributed by atoms with Crippen LogP contribution in [-0.2, 0) is 14.8 Å². The SMILES string of the molecule is COCCCN(C)S(=O)(=O)c1c(C)noc1C. The molecule has 0 spiro atoms. The second-order valence-electron chi connectivity index (χ2n) is 3.83. The zero-order chi connectivity index (χ0) is 13.1. The summed E-state index contributed by atoms with van der Waals surface area (Å²) in [6, 6.07) is 0. The Morgan fingerprint density at radius 1 is 1.41 bits per heavy atom. The second kappa shape index (κ2) is 5.61. The van der Waals surface area contributed by atoms with Crippen molar-refractivity contribution < 1.29 is 17.7 Å². The van der Waals surface area contributed by atoms with Crippen LogP contribution in [0.2, 0.25) is 0 Å². The lowest BCUT2D eigenvalue weighted by Gasteiger charge is -2.16. The molecule has 0 atom stereocenters. The third-order valence-corrected chi connectivity index (χ3v) is 4.56. The van der Waals surface area contributed by atoms with Crippen molar-refractivity contribution >= 4 is 10.0 Å². The van der Waals surface area contributed by atoms with Gasteiger partial charge in [0.15, 0.2) is 5.76 Å². The molecule has 1 heterocycles. The Balaban J connectivity index is 2.88. The van der Waals surface area contributed by atoms with Crippen molar-refractivity contribution in [3.05, 3.63) is 11.5 Å². The first-order chi connectivity index (χ1) is 7.91. The lowest BCUT2D eigenvalue weighted by atomic mass is 10.4. The van der Waals surface area contributed by atoms with Crippen LogP contribution in [0.25, 0.3) is 0 Å². The summed E-state index contributed by atoms with van der Waals surface area (Å²) in [5, 5.41) is 3.66. The largest absolute Gasteiger partial charge is 0.385 e. The molecule has 0 aromatic carbocycles. The van der Waals surface area contributed by atoms with Crippen molar-refractivity contribution in [3.8, 4) is 0 Å². The van der Waals surface area contributed by atoms with E-state index in [1.54, 1.807) is 21.0 Å². The minimum Gasteiger partial charge on any atom is -0.385 e. The molecule has 1 aromatic rings. The average molecular weight is 262 g/mol. The summed E-state index contributed by atoms with van der Waals surface area (Å²) >= 11 is 0. The van der Waals surface area contributed by atoms with Crippen LogP contribution in [0.1, 0.15) is 17.9 Å². The molecule has 0 aliphatic heterocycles. The number of nitrogens with zero attached hydrogens (tertiary/aromatic N) is 2. The molecule has 7 heteroatoms. The van der Waals surface area contributed by atoms with Gasteiger partial charge in [0.1, 0.15) is 10.6 Å². The lowest BCUT2D eigenvalue weighted by molar-refractivity contribution is 0.189. The second-order valence-corrected chi connectivity index (χ2v) is 5.81. The third kappa shape index (κ3) is 3.05. The van der Waals surface area contributed by atoms with E-state index in [4.69, 9.17) is 9.26 Å². The molecule has 0 aliphatic carbocycles. The molecule has 0 bridgehead atoms. The molecule has 0 aliphatic rings. The molecule has 17 heavy (non-hydrogen) atoms. The number of aryl methyl sites for hydroxylation is 2. The molecule has 0 saturated carbocycles. The van der Waals surface area contributed by atoms with Crippen LogP contribution in [-0.4, -0.2) is 45.2 Å². The Morgan fingerprint density at radius 3 is 2.53 bits per heavy atom. The van der Waals surface area contributed by atoms with Crippen molar-refractivity contribution in [1.82, 2.24) is 9.46 Å². The molecule has 0 fully saturated rings. The molecule has 0 N–H and O–H groups in total. The van der Waals surface area contributed by atoms with Crippen LogP contribution in [0.15, 0.2) is 9.42 Å². The highest BCUT2D eigenvalue weighted by molar-refractivity contribution is 7.89. The Bertz CT molecular complexity index is 447. The molecule has 0 saturated heterocycles. The number of hydrogen-bond acceptors (Lipinski definition) is 5. The Kier molecular flexibility index (Phi) is 4.67. The van der Waals surface area contributed by atoms with E-state index in [2.05, 4.69) is 5.16 Å². The molecule has 98 valence electrons. The van der Waals surface area contributed by atoms with Gasteiger partial charge in [-0.15, -0.1) is 0 Å². The average Bonchev–Trinajstić information content (AvgIpc) is 2.59. The smallest absolute Gasteiger partial charge is 0.248 e. The minimum absolute atomic E-state index is 0.164. The summed E-state index contributed by atoms with van der Waals surface area (Å²) in [4.78, 5) is 0.164. The van der Waals surface area contributed by atoms with Gasteiger partial charge in [0.25, 0.3) is 0 Å². The van der Waals surface area contributed by atoms with Gasteiger partial charge in [-0.3, -0.25) is 0 Å². The molecule has 0 unspecified atom stereocenters. The first-order valence-electron chi connectivity index (χ1n) is 5.29. The van der Waals surface area contributed by atoms with E-state index >= 15 is 0 Å². The highest BCUT2D eigenvalue weighted by Crippen LogP contribution is 2.22. The van der Waals surface area contributed by atoms with E-state index < -0.39 is 10.0 Å². The summed E-state index contributed by atoms with van der Waals surface area (Å²) in [5.41, 5.74) is 0.390. The maximum atomic E-state index is 12.2. The van der Waals surface area contributed by atoms with Crippen LogP contribution in [0, 0.1) is 13.8 Å². The van der Waals surface area contributed by atoms with Gasteiger partial charge in [0.2, 0.25) is 10.0 Å². The fourth-order valence-electron chi connectivity index (χ4n) is 1.55. The van der Waals surface area contributed by atoms with Gasteiger partial charge in [-0.05, 0) is 20.3 Å². The van der Waals surface area contributed by atoms with Crippen molar-refractivity contribution in [2.45, 2.75) is 25.2 Å². The molecular formula is C10H18N2O4S. The van der Waals surface area contributed by atoms with Gasteiger partial charge in [-0.2, -0.15) is 0 Å². The molecule has 1 aromatic heterocycles. The zero-order valence-electron chi connectivity index (χ0n) is 10.6. The van der Waals surface area contributed by atoms with E-state index in [0.29, 0.717) is 31.0 Å². The maximum absolute atomic E-state index is 12.2. The van der Waals surface area contributed by atoms with Gasteiger partial charge in [-0.25, -0.2) is 12.7 Å². The summed E-state index contributed by atoms with van der Waals surface area (Å²) in [6.45, 7) is 4.14. The van der Waals surface area contributed by atoms with Crippen LogP contribution in [0.3, 0.4) is 0 Å². The molecule has 6 nitrogen and oxygen atoms in total. The van der Waals surface area contributed by atoms with Gasteiger partial charge in [0.05, 0.1) is 0 Å². The molecular weight excluding hydrogens is 244 g/mol. The van der Waals surface area contributed by atoms with Crippen LogP contribution >= 0.6 is 0 Å². The van der Waals surface area contributed by atoms with Crippen molar-refractivity contribution in [2.24, 2.45) is 0 Å². The maximum Gasteiger partial charge on any atom is 0.248 e. The van der Waals surface area contributed by atoms with E-state index in [0.717, 1.165) is 0 Å². The Labute approximate surface area is 102 Å². The Hall–Kier alpha value is -0.920. The number of hydrogen-bond donors (Lipinski definition) is 0. The highest BCUT2D eigenvalue weighted by Gasteiger charge is 2.28. The number of rotatable bonds is 6. The first-order valence-corrected chi connectivity index (χ1v) is 6.73. The Morgan fingerprint density at radius 2 is 2.06 bits per heavy atom. The van der Waals surface area contributed by atoms with Crippen LogP contribution in [0.5, 0.6) is 0 Å². The van der Waals surface area contributed by atoms with Crippen molar-refractivity contribution in [1.29, 1.82) is 0 Å². The number of aromatic nitrogens is 1. The summed E-state index contributed by atoms with van der Waals surface area (Å²) in [6.07, 6.45) is 0.648. The van der Waals surface area contributed by atoms with E-state index in [-0.39, 0.29) is 4.90 Å². The van der Waals surface area contributed by atoms with E-state index in [9.17, 15) is 8.42 Å². The summed E-state index contributed by atoms with van der Waals surface area (Å²) < 4.78 is 35.5. The van der Waals surface area contributed by atoms with Gasteiger partial charge >= 0.3 is 0 Å². The zero-order valence-corrected chi connectivity index (χ0v) is 11.4. The van der Waals surface area contributed by atoms with Gasteiger partial charge in [-0.1, -0.05) is 5.16 Å². The monoisotopic (exact) mass is 262 g/mol. The summed E-state index contributed by atoms with van der Waals surface area (Å²) in [5.74, 6) is 0.320. The number of ether oxygens (including phenoxy) is 1. The van der Waals surface area contributed by atoms with E-state index in [1.807, 2.05) is 0 Å². The number of methoxy groups -OCH3 is 1. The van der Waals surface area contributed by atoms with Crippen LogP contribution < -0.4 is 0 Å². The lowest BCUT2D eigenvalue weighted by Crippen LogP contribution is -2.29. The third-order valence-electron chi connectivity index (χ3n) is 2.46. The summed E-state index contributed by atoms with van der Waals surface area (Å²) in [7, 11) is -0.391. The van der Waals surface area contributed by atoms with Crippen LogP contribution in [0.4, 0.5) is 0 Å². The quantitative estimate of drug-likeness (QED) is 0.714. The van der Waals surface area contributed by atoms with Gasteiger partial charge < -0.3 is 9.26 Å². The molecule has 0 amide bonds. The van der Waals surface area contributed by atoms with E-state index in [1.165, 1.54) is 11.4 Å². The fourth-order valence-corrected chi connectivity index (χ4v) is 3.04. The highest BCUT2D eigenvalue weighted by atomic mass is 32.2. The minimum atomic E-state index is -3.52.